The number of aliphatic hydroxyl groups excluding tert-OH is 1. The van der Waals surface area contributed by atoms with E-state index in [1.165, 1.54) is 11.1 Å². The molecular formula is C11H20O. The van der Waals surface area contributed by atoms with Gasteiger partial charge < -0.3 is 5.11 Å². The van der Waals surface area contributed by atoms with Gasteiger partial charge in [0.15, 0.2) is 0 Å². The van der Waals surface area contributed by atoms with Crippen LogP contribution >= 0.6 is 0 Å². The van der Waals surface area contributed by atoms with Crippen LogP contribution in [0.15, 0.2) is 11.1 Å². The van der Waals surface area contributed by atoms with E-state index in [2.05, 4.69) is 27.7 Å². The Morgan fingerprint density at radius 1 is 1.50 bits per heavy atom. The zero-order valence-corrected chi connectivity index (χ0v) is 8.65. The summed E-state index contributed by atoms with van der Waals surface area (Å²) < 4.78 is 0. The Bertz CT molecular complexity index is 201. The first-order valence-electron chi connectivity index (χ1n) is 4.75. The quantitative estimate of drug-likeness (QED) is 0.597. The van der Waals surface area contributed by atoms with E-state index >= 15 is 0 Å². The maximum Gasteiger partial charge on any atom is 0.0644 e. The highest BCUT2D eigenvalue weighted by atomic mass is 16.3. The minimum absolute atomic E-state index is 0.256. The van der Waals surface area contributed by atoms with Gasteiger partial charge in [-0.25, -0.2) is 0 Å². The molecule has 1 heteroatoms. The molecule has 0 saturated carbocycles. The van der Waals surface area contributed by atoms with E-state index in [0.29, 0.717) is 11.3 Å². The van der Waals surface area contributed by atoms with Crippen LogP contribution in [-0.2, 0) is 0 Å². The molecule has 0 spiro atoms. The van der Waals surface area contributed by atoms with Crippen LogP contribution in [0.5, 0.6) is 0 Å². The van der Waals surface area contributed by atoms with E-state index in [-0.39, 0.29) is 6.61 Å². The highest BCUT2D eigenvalue weighted by Crippen LogP contribution is 2.42. The van der Waals surface area contributed by atoms with E-state index < -0.39 is 0 Å². The lowest BCUT2D eigenvalue weighted by Crippen LogP contribution is -2.27. The summed E-state index contributed by atoms with van der Waals surface area (Å²) in [5.74, 6) is 0.698. The van der Waals surface area contributed by atoms with Crippen LogP contribution in [0.4, 0.5) is 0 Å². The van der Waals surface area contributed by atoms with Gasteiger partial charge in [-0.3, -0.25) is 0 Å². The van der Waals surface area contributed by atoms with Crippen LogP contribution in [0.3, 0.4) is 0 Å². The predicted molar refractivity (Wildman–Crippen MR) is 52.0 cm³/mol. The van der Waals surface area contributed by atoms with Gasteiger partial charge in [0.05, 0.1) is 6.61 Å². The Hall–Kier alpha value is -0.300. The van der Waals surface area contributed by atoms with Crippen molar-refractivity contribution >= 4 is 0 Å². The standard InChI is InChI=1S/C11H20O/c1-8-6-11(3,4)9(2)5-10(8)7-12/h9,12H,5-7H2,1-4H3. The molecule has 1 atom stereocenters. The number of hydrogen-bond acceptors (Lipinski definition) is 1. The largest absolute Gasteiger partial charge is 0.392 e. The highest BCUT2D eigenvalue weighted by molar-refractivity contribution is 5.19. The first-order valence-corrected chi connectivity index (χ1v) is 4.75. The molecule has 12 heavy (non-hydrogen) atoms. The summed E-state index contributed by atoms with van der Waals surface area (Å²) in [5, 5.41) is 9.09. The maximum absolute atomic E-state index is 9.09. The Labute approximate surface area is 75.5 Å². The van der Waals surface area contributed by atoms with E-state index in [0.717, 1.165) is 12.8 Å². The second kappa shape index (κ2) is 3.21. The molecule has 0 saturated heterocycles. The van der Waals surface area contributed by atoms with Gasteiger partial charge in [0.25, 0.3) is 0 Å². The van der Waals surface area contributed by atoms with Gasteiger partial charge in [-0.15, -0.1) is 0 Å². The fraction of sp³-hybridized carbons (Fsp3) is 0.818. The van der Waals surface area contributed by atoms with Crippen molar-refractivity contribution in [3.05, 3.63) is 11.1 Å². The van der Waals surface area contributed by atoms with Crippen molar-refractivity contribution in [2.24, 2.45) is 11.3 Å². The third-order valence-corrected chi connectivity index (χ3v) is 3.40. The van der Waals surface area contributed by atoms with Gasteiger partial charge in [-0.1, -0.05) is 26.3 Å². The van der Waals surface area contributed by atoms with Gasteiger partial charge in [-0.05, 0) is 36.7 Å². The summed E-state index contributed by atoms with van der Waals surface area (Å²) in [6.45, 7) is 9.32. The van der Waals surface area contributed by atoms with Gasteiger partial charge in [-0.2, -0.15) is 0 Å². The number of rotatable bonds is 1. The predicted octanol–water partition coefficient (Wildman–Crippen LogP) is 2.75. The summed E-state index contributed by atoms with van der Waals surface area (Å²) in [6, 6.07) is 0. The van der Waals surface area contributed by atoms with Crippen LogP contribution in [-0.4, -0.2) is 11.7 Å². The molecule has 0 heterocycles. The smallest absolute Gasteiger partial charge is 0.0644 e. The molecule has 0 aromatic carbocycles. The van der Waals surface area contributed by atoms with E-state index in [1.807, 2.05) is 0 Å². The topological polar surface area (TPSA) is 20.2 Å². The minimum Gasteiger partial charge on any atom is -0.392 e. The summed E-state index contributed by atoms with van der Waals surface area (Å²) in [5.41, 5.74) is 3.09. The molecule has 1 aliphatic carbocycles. The van der Waals surface area contributed by atoms with Gasteiger partial charge >= 0.3 is 0 Å². The Kier molecular flexibility index (Phi) is 2.62. The molecule has 0 bridgehead atoms. The molecule has 1 nitrogen and oxygen atoms in total. The third-order valence-electron chi connectivity index (χ3n) is 3.40. The molecular weight excluding hydrogens is 148 g/mol. The minimum atomic E-state index is 0.256. The van der Waals surface area contributed by atoms with Gasteiger partial charge in [0, 0.05) is 0 Å². The monoisotopic (exact) mass is 168 g/mol. The van der Waals surface area contributed by atoms with Crippen molar-refractivity contribution in [1.29, 1.82) is 0 Å². The molecule has 1 unspecified atom stereocenters. The van der Waals surface area contributed by atoms with Crippen molar-refractivity contribution in [2.75, 3.05) is 6.61 Å². The Morgan fingerprint density at radius 3 is 2.58 bits per heavy atom. The van der Waals surface area contributed by atoms with Crippen molar-refractivity contribution < 1.29 is 5.11 Å². The molecule has 70 valence electrons. The van der Waals surface area contributed by atoms with Crippen molar-refractivity contribution in [3.63, 3.8) is 0 Å². The normalized spacial score (nSPS) is 29.2. The lowest BCUT2D eigenvalue weighted by molar-refractivity contribution is 0.198. The fourth-order valence-corrected chi connectivity index (χ4v) is 2.00. The van der Waals surface area contributed by atoms with Gasteiger partial charge in [0.1, 0.15) is 0 Å². The first kappa shape index (κ1) is 9.79. The Balaban J connectivity index is 2.84. The maximum atomic E-state index is 9.09. The Morgan fingerprint density at radius 2 is 2.08 bits per heavy atom. The second-order valence-electron chi connectivity index (χ2n) is 4.81. The van der Waals surface area contributed by atoms with Crippen LogP contribution in [0, 0.1) is 11.3 Å². The summed E-state index contributed by atoms with van der Waals surface area (Å²) >= 11 is 0. The molecule has 0 aromatic rings. The number of allylic oxidation sites excluding steroid dienone is 1. The summed E-state index contributed by atoms with van der Waals surface area (Å²) in [4.78, 5) is 0. The highest BCUT2D eigenvalue weighted by Gasteiger charge is 2.31. The molecule has 1 N–H and O–H groups in total. The van der Waals surface area contributed by atoms with Crippen molar-refractivity contribution in [2.45, 2.75) is 40.5 Å². The van der Waals surface area contributed by atoms with Crippen LogP contribution in [0.2, 0.25) is 0 Å². The van der Waals surface area contributed by atoms with E-state index in [1.54, 1.807) is 0 Å². The summed E-state index contributed by atoms with van der Waals surface area (Å²) in [6.07, 6.45) is 2.22. The average molecular weight is 168 g/mol. The fourth-order valence-electron chi connectivity index (χ4n) is 2.00. The molecule has 1 rings (SSSR count). The second-order valence-corrected chi connectivity index (χ2v) is 4.81. The molecule has 0 amide bonds. The SMILES string of the molecule is CC1=C(CO)CC(C)C(C)(C)C1. The van der Waals surface area contributed by atoms with Crippen LogP contribution < -0.4 is 0 Å². The average Bonchev–Trinajstić information content (AvgIpc) is 1.96. The molecule has 1 aliphatic rings. The zero-order chi connectivity index (χ0) is 9.35. The molecule has 0 aliphatic heterocycles. The first-order chi connectivity index (χ1) is 5.47. The molecule has 0 radical (unpaired) electrons. The molecule has 0 fully saturated rings. The third kappa shape index (κ3) is 1.71. The molecule has 0 aromatic heterocycles. The zero-order valence-electron chi connectivity index (χ0n) is 8.65. The summed E-state index contributed by atoms with van der Waals surface area (Å²) in [7, 11) is 0. The lowest BCUT2D eigenvalue weighted by Gasteiger charge is -2.38. The van der Waals surface area contributed by atoms with Crippen LogP contribution in [0.1, 0.15) is 40.5 Å². The van der Waals surface area contributed by atoms with E-state index in [9.17, 15) is 0 Å². The number of hydrogen-bond donors (Lipinski definition) is 1. The van der Waals surface area contributed by atoms with Crippen LogP contribution in [0.25, 0.3) is 0 Å². The van der Waals surface area contributed by atoms with Gasteiger partial charge in [0.2, 0.25) is 0 Å². The van der Waals surface area contributed by atoms with E-state index in [4.69, 9.17) is 5.11 Å². The van der Waals surface area contributed by atoms with Crippen molar-refractivity contribution in [3.8, 4) is 0 Å². The number of aliphatic hydroxyl groups is 1. The lowest BCUT2D eigenvalue weighted by atomic mass is 9.68. The van der Waals surface area contributed by atoms with Crippen molar-refractivity contribution in [1.82, 2.24) is 0 Å².